The molecule has 0 spiro atoms. The monoisotopic (exact) mass is 240 g/mol. The molecule has 0 fully saturated rings. The first-order valence-electron chi connectivity index (χ1n) is 5.58. The van der Waals surface area contributed by atoms with Crippen LogP contribution >= 0.6 is 0 Å². The van der Waals surface area contributed by atoms with Crippen LogP contribution < -0.4 is 4.74 Å². The van der Waals surface area contributed by atoms with Gasteiger partial charge in [0.15, 0.2) is 5.65 Å². The molecular weight excluding hydrogens is 228 g/mol. The van der Waals surface area contributed by atoms with Crippen molar-refractivity contribution >= 4 is 11.2 Å². The molecular formula is C13H12N4O. The Morgan fingerprint density at radius 1 is 1.17 bits per heavy atom. The number of hydrogen-bond acceptors (Lipinski definition) is 4. The van der Waals surface area contributed by atoms with Crippen LogP contribution in [0.15, 0.2) is 30.9 Å². The van der Waals surface area contributed by atoms with Gasteiger partial charge in [0.05, 0.1) is 19.1 Å². The van der Waals surface area contributed by atoms with Crippen molar-refractivity contribution in [3.8, 4) is 17.0 Å². The van der Waals surface area contributed by atoms with E-state index < -0.39 is 0 Å². The first kappa shape index (κ1) is 10.7. The number of aromatic amines is 1. The zero-order valence-electron chi connectivity index (χ0n) is 10.1. The molecule has 0 radical (unpaired) electrons. The third-order valence-corrected chi connectivity index (χ3v) is 2.89. The van der Waals surface area contributed by atoms with E-state index in [1.807, 2.05) is 25.1 Å². The highest BCUT2D eigenvalue weighted by Crippen LogP contribution is 2.27. The van der Waals surface area contributed by atoms with Gasteiger partial charge in [-0.3, -0.25) is 0 Å². The molecule has 0 aliphatic heterocycles. The Morgan fingerprint density at radius 2 is 2.06 bits per heavy atom. The first-order chi connectivity index (χ1) is 8.79. The maximum Gasteiger partial charge on any atom is 0.181 e. The van der Waals surface area contributed by atoms with Gasteiger partial charge in [-0.15, -0.1) is 0 Å². The Labute approximate surface area is 104 Å². The molecule has 0 atom stereocenters. The standard InChI is InChI=1S/C13H12N4O/c1-8-5-9(3-4-10(8)18-2)11-12-13(16-6-14-11)17-7-15-12/h3-7H,1-2H3,(H,14,15,16,17). The Balaban J connectivity index is 2.20. The van der Waals surface area contributed by atoms with Crippen molar-refractivity contribution in [2.75, 3.05) is 7.11 Å². The van der Waals surface area contributed by atoms with Gasteiger partial charge in [-0.1, -0.05) is 0 Å². The van der Waals surface area contributed by atoms with E-state index >= 15 is 0 Å². The van der Waals surface area contributed by atoms with E-state index in [9.17, 15) is 0 Å². The summed E-state index contributed by atoms with van der Waals surface area (Å²) < 4.78 is 5.26. The van der Waals surface area contributed by atoms with Crippen LogP contribution in [0.5, 0.6) is 5.75 Å². The van der Waals surface area contributed by atoms with E-state index in [-0.39, 0.29) is 0 Å². The molecule has 1 aromatic carbocycles. The van der Waals surface area contributed by atoms with Crippen LogP contribution in [0.2, 0.25) is 0 Å². The van der Waals surface area contributed by atoms with Gasteiger partial charge in [0, 0.05) is 5.56 Å². The fourth-order valence-corrected chi connectivity index (χ4v) is 2.01. The number of ether oxygens (including phenoxy) is 1. The van der Waals surface area contributed by atoms with E-state index in [4.69, 9.17) is 4.74 Å². The predicted octanol–water partition coefficient (Wildman–Crippen LogP) is 2.34. The molecule has 3 rings (SSSR count). The van der Waals surface area contributed by atoms with Crippen LogP contribution in [0, 0.1) is 6.92 Å². The van der Waals surface area contributed by atoms with Crippen molar-refractivity contribution in [1.82, 2.24) is 19.9 Å². The molecule has 18 heavy (non-hydrogen) atoms. The van der Waals surface area contributed by atoms with Crippen LogP contribution in [0.1, 0.15) is 5.56 Å². The molecule has 0 aliphatic rings. The number of aromatic nitrogens is 4. The molecule has 0 unspecified atom stereocenters. The average Bonchev–Trinajstić information content (AvgIpc) is 2.86. The van der Waals surface area contributed by atoms with E-state index in [1.54, 1.807) is 13.4 Å². The molecule has 90 valence electrons. The zero-order chi connectivity index (χ0) is 12.5. The minimum atomic E-state index is 0.675. The predicted molar refractivity (Wildman–Crippen MR) is 68.4 cm³/mol. The van der Waals surface area contributed by atoms with Crippen molar-refractivity contribution in [3.05, 3.63) is 36.4 Å². The normalized spacial score (nSPS) is 10.8. The highest BCUT2D eigenvalue weighted by atomic mass is 16.5. The number of H-pyrrole nitrogens is 1. The van der Waals surface area contributed by atoms with Gasteiger partial charge in [-0.2, -0.15) is 0 Å². The van der Waals surface area contributed by atoms with Gasteiger partial charge in [-0.05, 0) is 30.7 Å². The topological polar surface area (TPSA) is 63.7 Å². The van der Waals surface area contributed by atoms with Crippen molar-refractivity contribution in [2.24, 2.45) is 0 Å². The third-order valence-electron chi connectivity index (χ3n) is 2.89. The quantitative estimate of drug-likeness (QED) is 0.746. The lowest BCUT2D eigenvalue weighted by Crippen LogP contribution is -1.91. The summed E-state index contributed by atoms with van der Waals surface area (Å²) in [6, 6.07) is 5.96. The number of imidazole rings is 1. The van der Waals surface area contributed by atoms with E-state index in [1.165, 1.54) is 6.33 Å². The van der Waals surface area contributed by atoms with Crippen LogP contribution in [-0.2, 0) is 0 Å². The number of methoxy groups -OCH3 is 1. The molecule has 3 aromatic rings. The van der Waals surface area contributed by atoms with Crippen molar-refractivity contribution in [1.29, 1.82) is 0 Å². The molecule has 0 saturated carbocycles. The van der Waals surface area contributed by atoms with Crippen LogP contribution in [-0.4, -0.2) is 27.0 Å². The fraction of sp³-hybridized carbons (Fsp3) is 0.154. The average molecular weight is 240 g/mol. The minimum absolute atomic E-state index is 0.675. The first-order valence-corrected chi connectivity index (χ1v) is 5.58. The number of fused-ring (bicyclic) bond motifs is 1. The smallest absolute Gasteiger partial charge is 0.181 e. The zero-order valence-corrected chi connectivity index (χ0v) is 10.1. The summed E-state index contributed by atoms with van der Waals surface area (Å²) in [5.74, 6) is 0.869. The Hall–Kier alpha value is -2.43. The molecule has 0 saturated heterocycles. The molecule has 2 heterocycles. The maximum absolute atomic E-state index is 5.26. The number of rotatable bonds is 2. The summed E-state index contributed by atoms with van der Waals surface area (Å²) in [5, 5.41) is 0. The lowest BCUT2D eigenvalue weighted by atomic mass is 10.1. The second kappa shape index (κ2) is 4.10. The molecule has 1 N–H and O–H groups in total. The van der Waals surface area contributed by atoms with Gasteiger partial charge < -0.3 is 9.72 Å². The number of benzene rings is 1. The van der Waals surface area contributed by atoms with Gasteiger partial charge in [-0.25, -0.2) is 15.0 Å². The molecule has 0 aliphatic carbocycles. The second-order valence-corrected chi connectivity index (χ2v) is 4.01. The number of nitrogens with one attached hydrogen (secondary N) is 1. The molecule has 5 nitrogen and oxygen atoms in total. The van der Waals surface area contributed by atoms with Crippen molar-refractivity contribution in [2.45, 2.75) is 6.92 Å². The Bertz CT molecular complexity index is 705. The SMILES string of the molecule is COc1ccc(-c2ncnc3nc[nH]c23)cc1C. The summed E-state index contributed by atoms with van der Waals surface area (Å²) in [4.78, 5) is 15.6. The van der Waals surface area contributed by atoms with E-state index in [2.05, 4.69) is 19.9 Å². The summed E-state index contributed by atoms with van der Waals surface area (Å²) in [6.07, 6.45) is 3.15. The van der Waals surface area contributed by atoms with Crippen LogP contribution in [0.25, 0.3) is 22.4 Å². The summed E-state index contributed by atoms with van der Waals surface area (Å²) in [5.41, 5.74) is 4.46. The maximum atomic E-state index is 5.26. The molecule has 5 heteroatoms. The highest BCUT2D eigenvalue weighted by Gasteiger charge is 2.09. The van der Waals surface area contributed by atoms with Crippen molar-refractivity contribution < 1.29 is 4.74 Å². The molecule has 0 amide bonds. The summed E-state index contributed by atoms with van der Waals surface area (Å²) >= 11 is 0. The van der Waals surface area contributed by atoms with Gasteiger partial charge >= 0.3 is 0 Å². The largest absolute Gasteiger partial charge is 0.496 e. The van der Waals surface area contributed by atoms with E-state index in [0.29, 0.717) is 5.65 Å². The molecule has 0 bridgehead atoms. The lowest BCUT2D eigenvalue weighted by molar-refractivity contribution is 0.412. The highest BCUT2D eigenvalue weighted by molar-refractivity contribution is 5.86. The summed E-state index contributed by atoms with van der Waals surface area (Å²) in [7, 11) is 1.67. The number of nitrogens with zero attached hydrogens (tertiary/aromatic N) is 3. The van der Waals surface area contributed by atoms with Gasteiger partial charge in [0.1, 0.15) is 17.6 Å². The van der Waals surface area contributed by atoms with Crippen molar-refractivity contribution in [3.63, 3.8) is 0 Å². The third kappa shape index (κ3) is 1.60. The Morgan fingerprint density at radius 3 is 2.83 bits per heavy atom. The lowest BCUT2D eigenvalue weighted by Gasteiger charge is -2.07. The number of hydrogen-bond donors (Lipinski definition) is 1. The number of aryl methyl sites for hydroxylation is 1. The van der Waals surface area contributed by atoms with Gasteiger partial charge in [0.2, 0.25) is 0 Å². The Kier molecular flexibility index (Phi) is 2.44. The van der Waals surface area contributed by atoms with Crippen LogP contribution in [0.3, 0.4) is 0 Å². The fourth-order valence-electron chi connectivity index (χ4n) is 2.01. The summed E-state index contributed by atoms with van der Waals surface area (Å²) in [6.45, 7) is 2.01. The molecule has 2 aromatic heterocycles. The van der Waals surface area contributed by atoms with Crippen LogP contribution in [0.4, 0.5) is 0 Å². The van der Waals surface area contributed by atoms with Gasteiger partial charge in [0.25, 0.3) is 0 Å². The second-order valence-electron chi connectivity index (χ2n) is 4.01. The van der Waals surface area contributed by atoms with E-state index in [0.717, 1.165) is 28.1 Å². The minimum Gasteiger partial charge on any atom is -0.496 e.